The molecule has 1 aliphatic heterocycles. The minimum absolute atomic E-state index is 0.0282. The number of hydrogen-bond acceptors (Lipinski definition) is 6. The standard InChI is InChI=1S/C28H29F3N4O5/c1-4-40-26(38)20-6-5-13-33(16-20)24(36)23-25(37)34(15-19-8-10-21(11-9-19)28(29,30)31)27(39)35(32-23)22-12-7-17(2)18(3)14-22/h7-12,14,20H,4-6,13,15-16H2,1-3H3. The number of rotatable bonds is 6. The highest BCUT2D eigenvalue weighted by Gasteiger charge is 2.33. The van der Waals surface area contributed by atoms with Crippen LogP contribution in [0.1, 0.15) is 52.5 Å². The molecule has 3 aromatic rings. The predicted molar refractivity (Wildman–Crippen MR) is 139 cm³/mol. The first-order chi connectivity index (χ1) is 18.9. The maximum Gasteiger partial charge on any atom is 0.416 e. The Bertz CT molecular complexity index is 1540. The van der Waals surface area contributed by atoms with Gasteiger partial charge >= 0.3 is 17.8 Å². The quantitative estimate of drug-likeness (QED) is 0.429. The number of hydrogen-bond donors (Lipinski definition) is 0. The van der Waals surface area contributed by atoms with Crippen molar-refractivity contribution in [3.63, 3.8) is 0 Å². The predicted octanol–water partition coefficient (Wildman–Crippen LogP) is 3.49. The number of amides is 1. The number of benzene rings is 2. The Hall–Kier alpha value is -4.22. The van der Waals surface area contributed by atoms with Gasteiger partial charge in [-0.1, -0.05) is 18.2 Å². The average molecular weight is 559 g/mol. The number of likely N-dealkylation sites (tertiary alicyclic amines) is 1. The molecule has 2 aromatic carbocycles. The molecular weight excluding hydrogens is 529 g/mol. The van der Waals surface area contributed by atoms with Crippen molar-refractivity contribution < 1.29 is 27.5 Å². The second-order valence-corrected chi connectivity index (χ2v) is 9.74. The molecule has 1 atom stereocenters. The fourth-order valence-corrected chi connectivity index (χ4v) is 4.56. The fourth-order valence-electron chi connectivity index (χ4n) is 4.56. The summed E-state index contributed by atoms with van der Waals surface area (Å²) in [6, 6.07) is 9.13. The van der Waals surface area contributed by atoms with E-state index in [-0.39, 0.29) is 31.8 Å². The van der Waals surface area contributed by atoms with Crippen molar-refractivity contribution in [2.75, 3.05) is 19.7 Å². The number of ether oxygens (including phenoxy) is 1. The monoisotopic (exact) mass is 558 g/mol. The number of nitrogens with zero attached hydrogens (tertiary/aromatic N) is 4. The molecule has 1 amide bonds. The molecule has 1 saturated heterocycles. The summed E-state index contributed by atoms with van der Waals surface area (Å²) in [5, 5.41) is 4.16. The van der Waals surface area contributed by atoms with Gasteiger partial charge < -0.3 is 9.64 Å². The number of halogens is 3. The highest BCUT2D eigenvalue weighted by molar-refractivity contribution is 5.92. The summed E-state index contributed by atoms with van der Waals surface area (Å²) in [7, 11) is 0. The minimum Gasteiger partial charge on any atom is -0.466 e. The number of alkyl halides is 3. The molecule has 4 rings (SSSR count). The molecular formula is C28H29F3N4O5. The zero-order valence-corrected chi connectivity index (χ0v) is 22.3. The van der Waals surface area contributed by atoms with Gasteiger partial charge in [0.1, 0.15) is 0 Å². The SMILES string of the molecule is CCOC(=O)C1CCCN(C(=O)c2nn(-c3ccc(C)c(C)c3)c(=O)n(Cc3ccc(C(F)(F)F)cc3)c2=O)C1. The lowest BCUT2D eigenvalue weighted by Crippen LogP contribution is -2.49. The van der Waals surface area contributed by atoms with E-state index in [4.69, 9.17) is 4.74 Å². The van der Waals surface area contributed by atoms with E-state index in [9.17, 15) is 32.3 Å². The Morgan fingerprint density at radius 1 is 1.05 bits per heavy atom. The maximum atomic E-state index is 13.6. The molecule has 0 spiro atoms. The van der Waals surface area contributed by atoms with Crippen LogP contribution in [-0.2, 0) is 22.3 Å². The van der Waals surface area contributed by atoms with Crippen LogP contribution in [0.5, 0.6) is 0 Å². The summed E-state index contributed by atoms with van der Waals surface area (Å²) in [4.78, 5) is 54.2. The van der Waals surface area contributed by atoms with Crippen molar-refractivity contribution in [3.8, 4) is 5.69 Å². The van der Waals surface area contributed by atoms with Crippen molar-refractivity contribution in [2.45, 2.75) is 46.3 Å². The van der Waals surface area contributed by atoms with Crippen molar-refractivity contribution in [1.82, 2.24) is 19.2 Å². The summed E-state index contributed by atoms with van der Waals surface area (Å²) in [6.07, 6.45) is -3.51. The third kappa shape index (κ3) is 6.00. The van der Waals surface area contributed by atoms with Gasteiger partial charge in [-0.25, -0.2) is 4.79 Å². The van der Waals surface area contributed by atoms with Crippen molar-refractivity contribution in [3.05, 3.63) is 91.3 Å². The van der Waals surface area contributed by atoms with Gasteiger partial charge in [0.2, 0.25) is 5.69 Å². The van der Waals surface area contributed by atoms with Crippen LogP contribution in [-0.4, -0.2) is 50.8 Å². The molecule has 1 aromatic heterocycles. The van der Waals surface area contributed by atoms with Crippen molar-refractivity contribution in [2.24, 2.45) is 5.92 Å². The van der Waals surface area contributed by atoms with Gasteiger partial charge in [-0.3, -0.25) is 19.0 Å². The van der Waals surface area contributed by atoms with E-state index in [1.807, 2.05) is 13.8 Å². The Morgan fingerprint density at radius 3 is 2.38 bits per heavy atom. The number of piperidine rings is 1. The van der Waals surface area contributed by atoms with E-state index >= 15 is 0 Å². The van der Waals surface area contributed by atoms with Crippen LogP contribution >= 0.6 is 0 Å². The van der Waals surface area contributed by atoms with Gasteiger partial charge in [-0.2, -0.15) is 23.0 Å². The molecule has 0 radical (unpaired) electrons. The summed E-state index contributed by atoms with van der Waals surface area (Å²) in [5.74, 6) is -1.75. The molecule has 212 valence electrons. The Kier molecular flexibility index (Phi) is 8.26. The third-order valence-electron chi connectivity index (χ3n) is 6.95. The van der Waals surface area contributed by atoms with Crippen LogP contribution in [0.2, 0.25) is 0 Å². The normalized spacial score (nSPS) is 15.7. The zero-order valence-electron chi connectivity index (χ0n) is 22.3. The van der Waals surface area contributed by atoms with Gasteiger partial charge in [0.15, 0.2) is 0 Å². The van der Waals surface area contributed by atoms with Crippen LogP contribution in [0.25, 0.3) is 5.69 Å². The smallest absolute Gasteiger partial charge is 0.416 e. The van der Waals surface area contributed by atoms with Crippen molar-refractivity contribution in [1.29, 1.82) is 0 Å². The molecule has 1 unspecified atom stereocenters. The Balaban J connectivity index is 1.79. The topological polar surface area (TPSA) is 104 Å². The summed E-state index contributed by atoms with van der Waals surface area (Å²) >= 11 is 0. The number of aromatic nitrogens is 3. The van der Waals surface area contributed by atoms with E-state index in [1.54, 1.807) is 25.1 Å². The lowest BCUT2D eigenvalue weighted by Gasteiger charge is -2.31. The largest absolute Gasteiger partial charge is 0.466 e. The molecule has 0 aliphatic carbocycles. The number of aryl methyl sites for hydroxylation is 2. The fraction of sp³-hybridized carbons (Fsp3) is 0.393. The van der Waals surface area contributed by atoms with Crippen LogP contribution in [0.15, 0.2) is 52.1 Å². The lowest BCUT2D eigenvalue weighted by atomic mass is 9.98. The molecule has 40 heavy (non-hydrogen) atoms. The zero-order chi connectivity index (χ0) is 29.2. The van der Waals surface area contributed by atoms with E-state index in [0.717, 1.165) is 32.5 Å². The minimum atomic E-state index is -4.54. The number of carbonyl (C=O) groups is 2. The van der Waals surface area contributed by atoms with Gasteiger partial charge in [0, 0.05) is 13.1 Å². The number of carbonyl (C=O) groups excluding carboxylic acids is 2. The maximum absolute atomic E-state index is 13.6. The molecule has 2 heterocycles. The average Bonchev–Trinajstić information content (AvgIpc) is 2.92. The van der Waals surface area contributed by atoms with Gasteiger partial charge in [-0.15, -0.1) is 0 Å². The summed E-state index contributed by atoms with van der Waals surface area (Å²) in [6.45, 7) is 5.51. The molecule has 0 saturated carbocycles. The first-order valence-corrected chi connectivity index (χ1v) is 12.8. The molecule has 0 bridgehead atoms. The van der Waals surface area contributed by atoms with E-state index < -0.39 is 46.5 Å². The molecule has 1 fully saturated rings. The first-order valence-electron chi connectivity index (χ1n) is 12.8. The molecule has 9 nitrogen and oxygen atoms in total. The van der Waals surface area contributed by atoms with Crippen LogP contribution in [0.3, 0.4) is 0 Å². The van der Waals surface area contributed by atoms with Crippen LogP contribution < -0.4 is 11.2 Å². The van der Waals surface area contributed by atoms with Gasteiger partial charge in [-0.05, 0) is 74.6 Å². The second kappa shape index (κ2) is 11.5. The first kappa shape index (κ1) is 28.8. The molecule has 0 N–H and O–H groups in total. The van der Waals surface area contributed by atoms with Gasteiger partial charge in [0.25, 0.3) is 11.5 Å². The number of esters is 1. The van der Waals surface area contributed by atoms with Crippen LogP contribution in [0, 0.1) is 19.8 Å². The van der Waals surface area contributed by atoms with E-state index in [0.29, 0.717) is 18.5 Å². The van der Waals surface area contributed by atoms with E-state index in [1.165, 1.54) is 17.0 Å². The van der Waals surface area contributed by atoms with Crippen molar-refractivity contribution >= 4 is 11.9 Å². The summed E-state index contributed by atoms with van der Waals surface area (Å²) < 4.78 is 45.9. The lowest BCUT2D eigenvalue weighted by molar-refractivity contribution is -0.149. The Labute approximate surface area is 227 Å². The third-order valence-corrected chi connectivity index (χ3v) is 6.95. The Morgan fingerprint density at radius 2 is 1.75 bits per heavy atom. The second-order valence-electron chi connectivity index (χ2n) is 9.74. The molecule has 12 heteroatoms. The highest BCUT2D eigenvalue weighted by Crippen LogP contribution is 2.29. The highest BCUT2D eigenvalue weighted by atomic mass is 19.4. The van der Waals surface area contributed by atoms with E-state index in [2.05, 4.69) is 5.10 Å². The molecule has 1 aliphatic rings. The summed E-state index contributed by atoms with van der Waals surface area (Å²) in [5.41, 5.74) is -0.884. The van der Waals surface area contributed by atoms with Crippen LogP contribution in [0.4, 0.5) is 13.2 Å². The van der Waals surface area contributed by atoms with Gasteiger partial charge in [0.05, 0.1) is 30.3 Å².